The number of sulfonamides is 1. The number of hydrogen-bond donors (Lipinski definition) is 1. The predicted molar refractivity (Wildman–Crippen MR) is 153 cm³/mol. The highest BCUT2D eigenvalue weighted by Crippen LogP contribution is 2.26. The van der Waals surface area contributed by atoms with E-state index in [0.29, 0.717) is 23.6 Å². The molecule has 2 amide bonds. The molecule has 0 radical (unpaired) electrons. The fraction of sp³-hybridized carbons (Fsp3) is 0.333. The van der Waals surface area contributed by atoms with Crippen LogP contribution in [0.2, 0.25) is 0 Å². The van der Waals surface area contributed by atoms with Crippen molar-refractivity contribution in [1.82, 2.24) is 10.2 Å². The van der Waals surface area contributed by atoms with Gasteiger partial charge in [-0.25, -0.2) is 12.8 Å². The van der Waals surface area contributed by atoms with Crippen molar-refractivity contribution in [3.05, 3.63) is 90.2 Å². The lowest BCUT2D eigenvalue weighted by Crippen LogP contribution is -2.54. The third-order valence-electron chi connectivity index (χ3n) is 5.98. The molecule has 40 heavy (non-hydrogen) atoms. The number of para-hydroxylation sites is 1. The molecule has 1 unspecified atom stereocenters. The van der Waals surface area contributed by atoms with Gasteiger partial charge in [0.05, 0.1) is 17.2 Å². The molecule has 0 saturated carbocycles. The standard InChI is InChI=1S/C30H36FN3O5S/c1-6-39-26-16-18-27(19-17-26)40(37,38)34(25-10-8-7-9-11-25)21-28(35)33(20-23-12-14-24(31)15-13-23)22(2)29(36)32-30(3,4)5/h7-19,22H,6,20-21H2,1-5H3,(H,32,36). The van der Waals surface area contributed by atoms with Crippen LogP contribution < -0.4 is 14.4 Å². The Morgan fingerprint density at radius 1 is 0.950 bits per heavy atom. The fourth-order valence-electron chi connectivity index (χ4n) is 3.97. The number of rotatable bonds is 11. The van der Waals surface area contributed by atoms with Gasteiger partial charge in [-0.3, -0.25) is 13.9 Å². The SMILES string of the molecule is CCOc1ccc(S(=O)(=O)N(CC(=O)N(Cc2ccc(F)cc2)C(C)C(=O)NC(C)(C)C)c2ccccc2)cc1. The summed E-state index contributed by atoms with van der Waals surface area (Å²) < 4.78 is 47.7. The number of anilines is 1. The normalized spacial score (nSPS) is 12.3. The molecule has 3 aromatic rings. The lowest BCUT2D eigenvalue weighted by Gasteiger charge is -2.33. The van der Waals surface area contributed by atoms with Crippen LogP contribution in [-0.2, 0) is 26.2 Å². The van der Waals surface area contributed by atoms with Gasteiger partial charge in [-0.1, -0.05) is 30.3 Å². The van der Waals surface area contributed by atoms with E-state index in [-0.39, 0.29) is 11.4 Å². The minimum absolute atomic E-state index is 0.0174. The lowest BCUT2D eigenvalue weighted by atomic mass is 10.1. The van der Waals surface area contributed by atoms with E-state index in [1.54, 1.807) is 49.4 Å². The van der Waals surface area contributed by atoms with Gasteiger partial charge in [0, 0.05) is 12.1 Å². The van der Waals surface area contributed by atoms with Crippen molar-refractivity contribution in [3.63, 3.8) is 0 Å². The fourth-order valence-corrected chi connectivity index (χ4v) is 5.38. The van der Waals surface area contributed by atoms with E-state index in [0.717, 1.165) is 4.31 Å². The molecule has 3 aromatic carbocycles. The Balaban J connectivity index is 2.00. The molecule has 0 bridgehead atoms. The third-order valence-corrected chi connectivity index (χ3v) is 7.77. The summed E-state index contributed by atoms with van der Waals surface area (Å²) in [7, 11) is -4.19. The van der Waals surface area contributed by atoms with E-state index < -0.39 is 45.8 Å². The van der Waals surface area contributed by atoms with E-state index in [1.165, 1.54) is 41.3 Å². The molecule has 1 N–H and O–H groups in total. The molecular formula is C30H36FN3O5S. The van der Waals surface area contributed by atoms with E-state index >= 15 is 0 Å². The first-order valence-electron chi connectivity index (χ1n) is 13.0. The Labute approximate surface area is 235 Å². The number of ether oxygens (including phenoxy) is 1. The molecule has 0 fully saturated rings. The summed E-state index contributed by atoms with van der Waals surface area (Å²) in [5, 5.41) is 2.87. The van der Waals surface area contributed by atoms with Crippen LogP contribution in [0.1, 0.15) is 40.2 Å². The Hall–Kier alpha value is -3.92. The molecule has 0 aliphatic heterocycles. The van der Waals surface area contributed by atoms with Gasteiger partial charge in [-0.15, -0.1) is 0 Å². The van der Waals surface area contributed by atoms with Crippen LogP contribution in [0.15, 0.2) is 83.8 Å². The summed E-state index contributed by atoms with van der Waals surface area (Å²) in [4.78, 5) is 28.3. The Morgan fingerprint density at radius 3 is 2.10 bits per heavy atom. The molecule has 0 aromatic heterocycles. The number of nitrogens with one attached hydrogen (secondary N) is 1. The Kier molecular flexibility index (Phi) is 9.92. The van der Waals surface area contributed by atoms with Gasteiger partial charge in [0.25, 0.3) is 10.0 Å². The number of amides is 2. The maximum Gasteiger partial charge on any atom is 0.264 e. The first-order valence-corrected chi connectivity index (χ1v) is 14.4. The average Bonchev–Trinajstić information content (AvgIpc) is 2.91. The second-order valence-electron chi connectivity index (χ2n) is 10.3. The van der Waals surface area contributed by atoms with Gasteiger partial charge in [0.15, 0.2) is 0 Å². The zero-order valence-electron chi connectivity index (χ0n) is 23.4. The number of halogens is 1. The highest BCUT2D eigenvalue weighted by molar-refractivity contribution is 7.92. The van der Waals surface area contributed by atoms with E-state index in [9.17, 15) is 22.4 Å². The maximum absolute atomic E-state index is 13.9. The molecule has 214 valence electrons. The van der Waals surface area contributed by atoms with Crippen LogP contribution in [0.3, 0.4) is 0 Å². The quantitative estimate of drug-likeness (QED) is 0.360. The van der Waals surface area contributed by atoms with Crippen LogP contribution in [0, 0.1) is 5.82 Å². The van der Waals surface area contributed by atoms with Crippen LogP contribution >= 0.6 is 0 Å². The van der Waals surface area contributed by atoms with Crippen molar-refractivity contribution in [3.8, 4) is 5.75 Å². The highest BCUT2D eigenvalue weighted by Gasteiger charge is 2.33. The van der Waals surface area contributed by atoms with Crippen LogP contribution in [-0.4, -0.2) is 49.9 Å². The molecule has 0 saturated heterocycles. The molecule has 10 heteroatoms. The van der Waals surface area contributed by atoms with Crippen LogP contribution in [0.25, 0.3) is 0 Å². The third kappa shape index (κ3) is 8.05. The van der Waals surface area contributed by atoms with Crippen LogP contribution in [0.5, 0.6) is 5.75 Å². The second kappa shape index (κ2) is 13.0. The van der Waals surface area contributed by atoms with Crippen molar-refractivity contribution in [1.29, 1.82) is 0 Å². The minimum atomic E-state index is -4.19. The predicted octanol–water partition coefficient (Wildman–Crippen LogP) is 4.75. The number of carbonyl (C=O) groups excluding carboxylic acids is 2. The topological polar surface area (TPSA) is 96.0 Å². The summed E-state index contributed by atoms with van der Waals surface area (Å²) in [5.74, 6) is -0.910. The maximum atomic E-state index is 13.9. The summed E-state index contributed by atoms with van der Waals surface area (Å²) in [6, 6.07) is 18.9. The monoisotopic (exact) mass is 569 g/mol. The van der Waals surface area contributed by atoms with Gasteiger partial charge in [-0.2, -0.15) is 0 Å². The van der Waals surface area contributed by atoms with Gasteiger partial charge in [-0.05, 0) is 88.7 Å². The number of carbonyl (C=O) groups is 2. The molecule has 8 nitrogen and oxygen atoms in total. The van der Waals surface area contributed by atoms with Crippen molar-refractivity contribution < 1.29 is 27.1 Å². The molecule has 1 atom stereocenters. The average molecular weight is 570 g/mol. The molecular weight excluding hydrogens is 533 g/mol. The zero-order valence-corrected chi connectivity index (χ0v) is 24.2. The van der Waals surface area contributed by atoms with Crippen LogP contribution in [0.4, 0.5) is 10.1 Å². The number of benzene rings is 3. The molecule has 0 heterocycles. The van der Waals surface area contributed by atoms with Gasteiger partial charge in [0.2, 0.25) is 11.8 Å². The molecule has 0 spiro atoms. The van der Waals surface area contributed by atoms with Gasteiger partial charge in [0.1, 0.15) is 24.2 Å². The van der Waals surface area contributed by atoms with Crippen molar-refractivity contribution in [2.24, 2.45) is 0 Å². The zero-order chi connectivity index (χ0) is 29.5. The van der Waals surface area contributed by atoms with E-state index in [1.807, 2.05) is 27.7 Å². The van der Waals surface area contributed by atoms with E-state index in [2.05, 4.69) is 5.32 Å². The molecule has 3 rings (SSSR count). The van der Waals surface area contributed by atoms with Crippen molar-refractivity contribution in [2.45, 2.75) is 57.6 Å². The van der Waals surface area contributed by atoms with Crippen molar-refractivity contribution >= 4 is 27.5 Å². The van der Waals surface area contributed by atoms with Gasteiger partial charge < -0.3 is 15.0 Å². The first kappa shape index (κ1) is 30.6. The summed E-state index contributed by atoms with van der Waals surface area (Å²) in [5.41, 5.74) is 0.326. The second-order valence-corrected chi connectivity index (χ2v) is 12.2. The largest absolute Gasteiger partial charge is 0.494 e. The summed E-state index contributed by atoms with van der Waals surface area (Å²) in [6.45, 7) is 8.72. The Bertz CT molecular complexity index is 1390. The molecule has 0 aliphatic rings. The minimum Gasteiger partial charge on any atom is -0.494 e. The summed E-state index contributed by atoms with van der Waals surface area (Å²) in [6.07, 6.45) is 0. The molecule has 0 aliphatic carbocycles. The number of hydrogen-bond acceptors (Lipinski definition) is 5. The number of nitrogens with zero attached hydrogens (tertiary/aromatic N) is 2. The van der Waals surface area contributed by atoms with Crippen molar-refractivity contribution in [2.75, 3.05) is 17.5 Å². The summed E-state index contributed by atoms with van der Waals surface area (Å²) >= 11 is 0. The highest BCUT2D eigenvalue weighted by atomic mass is 32.2. The Morgan fingerprint density at radius 2 is 1.55 bits per heavy atom. The first-order chi connectivity index (χ1) is 18.8. The lowest BCUT2D eigenvalue weighted by molar-refractivity contribution is -0.140. The van der Waals surface area contributed by atoms with Gasteiger partial charge >= 0.3 is 0 Å². The van der Waals surface area contributed by atoms with E-state index in [4.69, 9.17) is 4.74 Å². The smallest absolute Gasteiger partial charge is 0.264 e.